The maximum atomic E-state index is 5.32. The lowest BCUT2D eigenvalue weighted by atomic mass is 10.1. The number of imidazole rings is 1. The third kappa shape index (κ3) is 2.79. The Morgan fingerprint density at radius 3 is 3.07 bits per heavy atom. The largest absolute Gasteiger partial charge is 0.381 e. The van der Waals surface area contributed by atoms with Crippen LogP contribution in [0.1, 0.15) is 25.5 Å². The molecule has 0 spiro atoms. The first kappa shape index (κ1) is 10.6. The second kappa shape index (κ2) is 5.28. The van der Waals surface area contributed by atoms with Gasteiger partial charge in [-0.05, 0) is 19.8 Å². The summed E-state index contributed by atoms with van der Waals surface area (Å²) in [4.78, 5) is 4.15. The van der Waals surface area contributed by atoms with Gasteiger partial charge < -0.3 is 14.6 Å². The number of hydrogen-bond donors (Lipinski definition) is 1. The molecule has 1 aromatic rings. The van der Waals surface area contributed by atoms with E-state index in [4.69, 9.17) is 4.74 Å². The maximum Gasteiger partial charge on any atom is 0.0948 e. The average Bonchev–Trinajstić information content (AvgIpc) is 2.75. The molecule has 1 aliphatic heterocycles. The van der Waals surface area contributed by atoms with Gasteiger partial charge in [-0.1, -0.05) is 0 Å². The van der Waals surface area contributed by atoms with E-state index in [-0.39, 0.29) is 0 Å². The first-order valence-corrected chi connectivity index (χ1v) is 5.70. The SMILES string of the molecule is CCn1cncc1CNC1CCOCC1. The molecular formula is C11H19N3O. The molecule has 1 aliphatic rings. The summed E-state index contributed by atoms with van der Waals surface area (Å²) in [6, 6.07) is 0.610. The summed E-state index contributed by atoms with van der Waals surface area (Å²) >= 11 is 0. The molecule has 0 atom stereocenters. The average molecular weight is 209 g/mol. The first-order valence-electron chi connectivity index (χ1n) is 5.70. The molecule has 0 aliphatic carbocycles. The van der Waals surface area contributed by atoms with Crippen LogP contribution in [0.2, 0.25) is 0 Å². The van der Waals surface area contributed by atoms with Crippen LogP contribution in [0.5, 0.6) is 0 Å². The molecular weight excluding hydrogens is 190 g/mol. The van der Waals surface area contributed by atoms with E-state index < -0.39 is 0 Å². The topological polar surface area (TPSA) is 39.1 Å². The number of aryl methyl sites for hydroxylation is 1. The predicted molar refractivity (Wildman–Crippen MR) is 58.6 cm³/mol. The first-order chi connectivity index (χ1) is 7.40. The van der Waals surface area contributed by atoms with E-state index in [9.17, 15) is 0 Å². The van der Waals surface area contributed by atoms with E-state index in [1.165, 1.54) is 5.69 Å². The fraction of sp³-hybridized carbons (Fsp3) is 0.727. The minimum Gasteiger partial charge on any atom is -0.381 e. The monoisotopic (exact) mass is 209 g/mol. The Morgan fingerprint density at radius 2 is 2.33 bits per heavy atom. The molecule has 1 fully saturated rings. The van der Waals surface area contributed by atoms with Gasteiger partial charge in [0.25, 0.3) is 0 Å². The Kier molecular flexibility index (Phi) is 3.75. The van der Waals surface area contributed by atoms with E-state index in [1.54, 1.807) is 0 Å². The summed E-state index contributed by atoms with van der Waals surface area (Å²) < 4.78 is 7.50. The quantitative estimate of drug-likeness (QED) is 0.809. The maximum absolute atomic E-state index is 5.32. The van der Waals surface area contributed by atoms with Crippen molar-refractivity contribution in [1.29, 1.82) is 0 Å². The summed E-state index contributed by atoms with van der Waals surface area (Å²) in [7, 11) is 0. The van der Waals surface area contributed by atoms with Gasteiger partial charge in [0, 0.05) is 38.5 Å². The molecule has 4 nitrogen and oxygen atoms in total. The number of nitrogens with zero attached hydrogens (tertiary/aromatic N) is 2. The van der Waals surface area contributed by atoms with Crippen molar-refractivity contribution in [2.24, 2.45) is 0 Å². The molecule has 0 saturated carbocycles. The van der Waals surface area contributed by atoms with Crippen molar-refractivity contribution >= 4 is 0 Å². The normalized spacial score (nSPS) is 18.2. The summed E-state index contributed by atoms with van der Waals surface area (Å²) in [5.41, 5.74) is 1.27. The van der Waals surface area contributed by atoms with Gasteiger partial charge in [0.15, 0.2) is 0 Å². The summed E-state index contributed by atoms with van der Waals surface area (Å²) in [6.07, 6.45) is 6.08. The van der Waals surface area contributed by atoms with Gasteiger partial charge in [0.05, 0.1) is 12.0 Å². The smallest absolute Gasteiger partial charge is 0.0948 e. The van der Waals surface area contributed by atoms with Crippen molar-refractivity contribution in [3.8, 4) is 0 Å². The van der Waals surface area contributed by atoms with E-state index in [0.29, 0.717) is 6.04 Å². The van der Waals surface area contributed by atoms with Crippen LogP contribution in [-0.4, -0.2) is 28.8 Å². The molecule has 2 heterocycles. The van der Waals surface area contributed by atoms with Crippen LogP contribution in [0.3, 0.4) is 0 Å². The number of hydrogen-bond acceptors (Lipinski definition) is 3. The molecule has 84 valence electrons. The van der Waals surface area contributed by atoms with Crippen molar-refractivity contribution in [2.45, 2.75) is 38.9 Å². The van der Waals surface area contributed by atoms with Gasteiger partial charge in [-0.3, -0.25) is 0 Å². The highest BCUT2D eigenvalue weighted by atomic mass is 16.5. The van der Waals surface area contributed by atoms with Crippen molar-refractivity contribution in [1.82, 2.24) is 14.9 Å². The second-order valence-corrected chi connectivity index (χ2v) is 3.94. The predicted octanol–water partition coefficient (Wildman–Crippen LogP) is 1.17. The number of rotatable bonds is 4. The van der Waals surface area contributed by atoms with E-state index >= 15 is 0 Å². The van der Waals surface area contributed by atoms with Gasteiger partial charge in [0.1, 0.15) is 0 Å². The molecule has 1 saturated heterocycles. The standard InChI is InChI=1S/C11H19N3O/c1-2-14-9-12-7-11(14)8-13-10-3-5-15-6-4-10/h7,9-10,13H,2-6,8H2,1H3. The Hall–Kier alpha value is -0.870. The van der Waals surface area contributed by atoms with Gasteiger partial charge in [0.2, 0.25) is 0 Å². The lowest BCUT2D eigenvalue weighted by molar-refractivity contribution is 0.0774. The van der Waals surface area contributed by atoms with E-state index in [2.05, 4.69) is 21.8 Å². The minimum atomic E-state index is 0.610. The Balaban J connectivity index is 1.81. The van der Waals surface area contributed by atoms with Crippen LogP contribution in [0.15, 0.2) is 12.5 Å². The Morgan fingerprint density at radius 1 is 1.53 bits per heavy atom. The van der Waals surface area contributed by atoms with Crippen molar-refractivity contribution < 1.29 is 4.74 Å². The zero-order valence-corrected chi connectivity index (χ0v) is 9.28. The van der Waals surface area contributed by atoms with Gasteiger partial charge in [-0.25, -0.2) is 4.98 Å². The van der Waals surface area contributed by atoms with Crippen LogP contribution >= 0.6 is 0 Å². The molecule has 0 unspecified atom stereocenters. The number of aromatic nitrogens is 2. The fourth-order valence-corrected chi connectivity index (χ4v) is 1.93. The third-order valence-corrected chi connectivity index (χ3v) is 2.93. The van der Waals surface area contributed by atoms with Gasteiger partial charge >= 0.3 is 0 Å². The Labute approximate surface area is 90.6 Å². The van der Waals surface area contributed by atoms with Crippen LogP contribution in [0.25, 0.3) is 0 Å². The lowest BCUT2D eigenvalue weighted by Gasteiger charge is -2.23. The lowest BCUT2D eigenvalue weighted by Crippen LogP contribution is -2.34. The van der Waals surface area contributed by atoms with Crippen LogP contribution in [-0.2, 0) is 17.8 Å². The third-order valence-electron chi connectivity index (χ3n) is 2.93. The highest BCUT2D eigenvalue weighted by molar-refractivity contribution is 4.98. The molecule has 0 aromatic carbocycles. The van der Waals surface area contributed by atoms with Crippen molar-refractivity contribution in [3.63, 3.8) is 0 Å². The number of ether oxygens (including phenoxy) is 1. The van der Waals surface area contributed by atoms with Crippen LogP contribution < -0.4 is 5.32 Å². The summed E-state index contributed by atoms with van der Waals surface area (Å²) in [6.45, 7) is 5.83. The molecule has 15 heavy (non-hydrogen) atoms. The highest BCUT2D eigenvalue weighted by Gasteiger charge is 2.13. The fourth-order valence-electron chi connectivity index (χ4n) is 1.93. The van der Waals surface area contributed by atoms with Gasteiger partial charge in [-0.15, -0.1) is 0 Å². The number of nitrogens with one attached hydrogen (secondary N) is 1. The van der Waals surface area contributed by atoms with E-state index in [1.807, 2.05) is 12.5 Å². The molecule has 1 aromatic heterocycles. The zero-order chi connectivity index (χ0) is 10.5. The van der Waals surface area contributed by atoms with Gasteiger partial charge in [-0.2, -0.15) is 0 Å². The molecule has 4 heteroatoms. The Bertz CT molecular complexity index is 292. The summed E-state index contributed by atoms with van der Waals surface area (Å²) in [5, 5.41) is 3.56. The van der Waals surface area contributed by atoms with Crippen molar-refractivity contribution in [2.75, 3.05) is 13.2 Å². The van der Waals surface area contributed by atoms with E-state index in [0.717, 1.165) is 39.1 Å². The zero-order valence-electron chi connectivity index (χ0n) is 9.28. The molecule has 1 N–H and O–H groups in total. The molecule has 0 bridgehead atoms. The molecule has 0 amide bonds. The highest BCUT2D eigenvalue weighted by Crippen LogP contribution is 2.07. The molecule has 2 rings (SSSR count). The summed E-state index contributed by atoms with van der Waals surface area (Å²) in [5.74, 6) is 0. The molecule has 0 radical (unpaired) electrons. The minimum absolute atomic E-state index is 0.610. The van der Waals surface area contributed by atoms with Crippen LogP contribution in [0.4, 0.5) is 0 Å². The van der Waals surface area contributed by atoms with Crippen molar-refractivity contribution in [3.05, 3.63) is 18.2 Å². The van der Waals surface area contributed by atoms with Crippen LogP contribution in [0, 0.1) is 0 Å². The second-order valence-electron chi connectivity index (χ2n) is 3.94.